The van der Waals surface area contributed by atoms with Crippen LogP contribution in [0.4, 0.5) is 0 Å². The molecular formula is C14H17N3O5S. The van der Waals surface area contributed by atoms with E-state index in [1.54, 1.807) is 0 Å². The number of amides is 1. The maximum Gasteiger partial charge on any atom is 0.326 e. The molecule has 23 heavy (non-hydrogen) atoms. The van der Waals surface area contributed by atoms with Crippen LogP contribution in [-0.4, -0.2) is 46.9 Å². The Morgan fingerprint density at radius 2 is 2.35 bits per heavy atom. The lowest BCUT2D eigenvalue weighted by Crippen LogP contribution is -2.41. The van der Waals surface area contributed by atoms with Crippen LogP contribution in [0.1, 0.15) is 18.7 Å². The Labute approximate surface area is 136 Å². The lowest BCUT2D eigenvalue weighted by atomic mass is 10.2. The van der Waals surface area contributed by atoms with Crippen molar-refractivity contribution in [1.82, 2.24) is 15.5 Å². The molecule has 1 atom stereocenters. The molecule has 0 aliphatic rings. The Balaban J connectivity index is 1.83. The zero-order chi connectivity index (χ0) is 16.7. The second-order valence-electron chi connectivity index (χ2n) is 4.76. The van der Waals surface area contributed by atoms with E-state index in [-0.39, 0.29) is 31.8 Å². The highest BCUT2D eigenvalue weighted by Gasteiger charge is 2.20. The summed E-state index contributed by atoms with van der Waals surface area (Å²) >= 11 is 1.53. The van der Waals surface area contributed by atoms with E-state index in [1.807, 2.05) is 16.8 Å². The molecule has 9 heteroatoms. The highest BCUT2D eigenvalue weighted by molar-refractivity contribution is 7.08. The molecular weight excluding hydrogens is 322 g/mol. The summed E-state index contributed by atoms with van der Waals surface area (Å²) in [5, 5.41) is 19.1. The van der Waals surface area contributed by atoms with Gasteiger partial charge in [0, 0.05) is 43.9 Å². The largest absolute Gasteiger partial charge is 0.480 e. The molecule has 2 aromatic heterocycles. The van der Waals surface area contributed by atoms with Crippen LogP contribution in [0.2, 0.25) is 0 Å². The fourth-order valence-electron chi connectivity index (χ4n) is 1.85. The monoisotopic (exact) mass is 339 g/mol. The molecule has 124 valence electrons. The highest BCUT2D eigenvalue weighted by atomic mass is 32.1. The van der Waals surface area contributed by atoms with Gasteiger partial charge in [0.05, 0.1) is 0 Å². The van der Waals surface area contributed by atoms with Gasteiger partial charge in [0.25, 0.3) is 0 Å². The first-order chi connectivity index (χ1) is 11.1. The molecule has 0 aliphatic carbocycles. The highest BCUT2D eigenvalue weighted by Crippen LogP contribution is 2.18. The fourth-order valence-corrected chi connectivity index (χ4v) is 2.48. The summed E-state index contributed by atoms with van der Waals surface area (Å²) in [5.41, 5.74) is 0.861. The lowest BCUT2D eigenvalue weighted by Gasteiger charge is -2.13. The molecule has 0 spiro atoms. The van der Waals surface area contributed by atoms with Crippen molar-refractivity contribution in [2.75, 3.05) is 13.7 Å². The first-order valence-corrected chi connectivity index (χ1v) is 7.90. The number of carbonyl (C=O) groups is 2. The second kappa shape index (κ2) is 8.39. The molecule has 1 unspecified atom stereocenters. The summed E-state index contributed by atoms with van der Waals surface area (Å²) in [4.78, 5) is 27.1. The third kappa shape index (κ3) is 5.15. The van der Waals surface area contributed by atoms with Gasteiger partial charge in [0.2, 0.25) is 17.6 Å². The molecule has 0 saturated heterocycles. The average molecular weight is 339 g/mol. The first kappa shape index (κ1) is 17.1. The number of hydrogen-bond donors (Lipinski definition) is 2. The van der Waals surface area contributed by atoms with Crippen LogP contribution in [0.15, 0.2) is 21.3 Å². The number of aromatic nitrogens is 2. The first-order valence-electron chi connectivity index (χ1n) is 6.96. The van der Waals surface area contributed by atoms with E-state index >= 15 is 0 Å². The summed E-state index contributed by atoms with van der Waals surface area (Å²) in [7, 11) is 1.47. The molecule has 0 saturated carbocycles. The van der Waals surface area contributed by atoms with Gasteiger partial charge >= 0.3 is 5.97 Å². The lowest BCUT2D eigenvalue weighted by molar-refractivity contribution is -0.142. The van der Waals surface area contributed by atoms with Gasteiger partial charge in [-0.3, -0.25) is 4.79 Å². The number of nitrogens with one attached hydrogen (secondary N) is 1. The van der Waals surface area contributed by atoms with Crippen molar-refractivity contribution in [3.05, 3.63) is 22.7 Å². The van der Waals surface area contributed by atoms with Crippen LogP contribution >= 0.6 is 11.3 Å². The minimum Gasteiger partial charge on any atom is -0.480 e. The number of thiophene rings is 1. The van der Waals surface area contributed by atoms with Crippen molar-refractivity contribution < 1.29 is 24.0 Å². The number of carboxylic acids is 1. The molecule has 2 aromatic rings. The summed E-state index contributed by atoms with van der Waals surface area (Å²) in [6, 6.07) is 0.908. The third-order valence-corrected chi connectivity index (χ3v) is 3.74. The van der Waals surface area contributed by atoms with Crippen LogP contribution in [-0.2, 0) is 20.7 Å². The van der Waals surface area contributed by atoms with E-state index in [4.69, 9.17) is 14.4 Å². The maximum atomic E-state index is 11.8. The topological polar surface area (TPSA) is 115 Å². The van der Waals surface area contributed by atoms with Crippen molar-refractivity contribution in [3.63, 3.8) is 0 Å². The van der Waals surface area contributed by atoms with Crippen LogP contribution < -0.4 is 5.32 Å². The summed E-state index contributed by atoms with van der Waals surface area (Å²) < 4.78 is 9.91. The SMILES string of the molecule is COCCC(NC(=O)CCc1nc(-c2ccsc2)no1)C(=O)O. The molecule has 0 aliphatic heterocycles. The smallest absolute Gasteiger partial charge is 0.326 e. The fraction of sp³-hybridized carbons (Fsp3) is 0.429. The number of ether oxygens (including phenoxy) is 1. The van der Waals surface area contributed by atoms with Gasteiger partial charge in [-0.25, -0.2) is 4.79 Å². The zero-order valence-corrected chi connectivity index (χ0v) is 13.3. The van der Waals surface area contributed by atoms with Crippen molar-refractivity contribution in [3.8, 4) is 11.4 Å². The summed E-state index contributed by atoms with van der Waals surface area (Å²) in [6.45, 7) is 0.255. The zero-order valence-electron chi connectivity index (χ0n) is 12.5. The van der Waals surface area contributed by atoms with Crippen molar-refractivity contribution >= 4 is 23.2 Å². The van der Waals surface area contributed by atoms with Gasteiger partial charge in [-0.05, 0) is 11.4 Å². The molecule has 0 bridgehead atoms. The number of hydrogen-bond acceptors (Lipinski definition) is 7. The summed E-state index contributed by atoms with van der Waals surface area (Å²) in [5.74, 6) is -0.660. The minimum atomic E-state index is -1.09. The number of methoxy groups -OCH3 is 1. The quantitative estimate of drug-likeness (QED) is 0.708. The minimum absolute atomic E-state index is 0.0715. The van der Waals surface area contributed by atoms with Crippen molar-refractivity contribution in [2.45, 2.75) is 25.3 Å². The van der Waals surface area contributed by atoms with Crippen LogP contribution in [0.5, 0.6) is 0 Å². The van der Waals surface area contributed by atoms with Crippen molar-refractivity contribution in [2.24, 2.45) is 0 Å². The number of rotatable bonds is 9. The van der Waals surface area contributed by atoms with E-state index in [1.165, 1.54) is 18.4 Å². The predicted octanol–water partition coefficient (Wildman–Crippen LogP) is 1.34. The van der Waals surface area contributed by atoms with E-state index in [0.29, 0.717) is 11.7 Å². The molecule has 1 amide bonds. The van der Waals surface area contributed by atoms with E-state index in [0.717, 1.165) is 5.56 Å². The molecule has 2 heterocycles. The van der Waals surface area contributed by atoms with Gasteiger partial charge in [-0.15, -0.1) is 0 Å². The summed E-state index contributed by atoms with van der Waals surface area (Å²) in [6.07, 6.45) is 0.530. The van der Waals surface area contributed by atoms with E-state index < -0.39 is 12.0 Å². The van der Waals surface area contributed by atoms with Gasteiger partial charge in [-0.2, -0.15) is 16.3 Å². The van der Waals surface area contributed by atoms with E-state index in [2.05, 4.69) is 15.5 Å². The Hall–Kier alpha value is -2.26. The number of aliphatic carboxylic acids is 1. The normalized spacial score (nSPS) is 12.0. The van der Waals surface area contributed by atoms with Crippen molar-refractivity contribution in [1.29, 1.82) is 0 Å². The van der Waals surface area contributed by atoms with E-state index in [9.17, 15) is 9.59 Å². The maximum absolute atomic E-state index is 11.8. The average Bonchev–Trinajstić information content (AvgIpc) is 3.19. The molecule has 8 nitrogen and oxygen atoms in total. The van der Waals surface area contributed by atoms with Gasteiger partial charge in [-0.1, -0.05) is 5.16 Å². The molecule has 2 N–H and O–H groups in total. The second-order valence-corrected chi connectivity index (χ2v) is 5.54. The number of carbonyl (C=O) groups excluding carboxylic acids is 1. The van der Waals surface area contributed by atoms with Gasteiger partial charge in [0.15, 0.2) is 0 Å². The Bertz CT molecular complexity index is 641. The van der Waals surface area contributed by atoms with Crippen LogP contribution in [0.25, 0.3) is 11.4 Å². The third-order valence-electron chi connectivity index (χ3n) is 3.06. The Kier molecular flexibility index (Phi) is 6.24. The molecule has 0 radical (unpaired) electrons. The number of nitrogens with zero attached hydrogens (tertiary/aromatic N) is 2. The Morgan fingerprint density at radius 1 is 1.52 bits per heavy atom. The Morgan fingerprint density at radius 3 is 3.00 bits per heavy atom. The predicted molar refractivity (Wildman–Crippen MR) is 82.0 cm³/mol. The van der Waals surface area contributed by atoms with Crippen LogP contribution in [0, 0.1) is 0 Å². The molecule has 2 rings (SSSR count). The molecule has 0 aromatic carbocycles. The van der Waals surface area contributed by atoms with Gasteiger partial charge < -0.3 is 19.7 Å². The standard InChI is InChI=1S/C14H17N3O5S/c1-21-6-4-10(14(19)20)15-11(18)2-3-12-16-13(17-22-12)9-5-7-23-8-9/h5,7-8,10H,2-4,6H2,1H3,(H,15,18)(H,19,20). The number of carboxylic acid groups (broad SMARTS) is 1. The number of aryl methyl sites for hydroxylation is 1. The van der Waals surface area contributed by atoms with Gasteiger partial charge in [0.1, 0.15) is 6.04 Å². The van der Waals surface area contributed by atoms with Crippen LogP contribution in [0.3, 0.4) is 0 Å². The molecule has 0 fully saturated rings.